The van der Waals surface area contributed by atoms with Crippen LogP contribution in [-0.4, -0.2) is 18.7 Å². The maximum atomic E-state index is 11.5. The molecule has 1 fully saturated rings. The molecule has 120 valence electrons. The number of esters is 1. The number of carbonyl (C=O) groups excluding carboxylic acids is 1. The van der Waals surface area contributed by atoms with Gasteiger partial charge in [0.15, 0.2) is 0 Å². The monoisotopic (exact) mass is 294 g/mol. The van der Waals surface area contributed by atoms with Crippen LogP contribution in [0.4, 0.5) is 0 Å². The Morgan fingerprint density at radius 1 is 1.48 bits per heavy atom. The smallest absolute Gasteiger partial charge is 0.333 e. The molecule has 0 radical (unpaired) electrons. The fourth-order valence-corrected chi connectivity index (χ4v) is 3.06. The second kappa shape index (κ2) is 8.26. The number of allylic oxidation sites excluding steroid dienone is 3. The second-order valence-electron chi connectivity index (χ2n) is 6.14. The van der Waals surface area contributed by atoms with E-state index in [1.54, 1.807) is 0 Å². The van der Waals surface area contributed by atoms with E-state index in [9.17, 15) is 4.79 Å². The van der Waals surface area contributed by atoms with Crippen LogP contribution >= 0.6 is 0 Å². The van der Waals surface area contributed by atoms with E-state index >= 15 is 0 Å². The predicted molar refractivity (Wildman–Crippen MR) is 85.8 cm³/mol. The van der Waals surface area contributed by atoms with Crippen LogP contribution in [0.25, 0.3) is 0 Å². The Kier molecular flexibility index (Phi) is 7.00. The Hall–Kier alpha value is -1.25. The first-order valence-corrected chi connectivity index (χ1v) is 8.13. The first kappa shape index (κ1) is 17.8. The molecule has 0 aromatic heterocycles. The van der Waals surface area contributed by atoms with Crippen molar-refractivity contribution in [1.82, 2.24) is 0 Å². The highest BCUT2D eigenvalue weighted by molar-refractivity contribution is 5.82. The van der Waals surface area contributed by atoms with E-state index in [2.05, 4.69) is 39.8 Å². The van der Waals surface area contributed by atoms with Gasteiger partial charge in [0.1, 0.15) is 11.4 Å². The normalized spacial score (nSPS) is 28.8. The zero-order valence-electron chi connectivity index (χ0n) is 14.1. The van der Waals surface area contributed by atoms with Crippen molar-refractivity contribution in [2.24, 2.45) is 11.8 Å². The van der Waals surface area contributed by atoms with Crippen molar-refractivity contribution >= 4 is 5.97 Å². The van der Waals surface area contributed by atoms with Gasteiger partial charge in [0, 0.05) is 5.92 Å². The van der Waals surface area contributed by atoms with Gasteiger partial charge in [0.25, 0.3) is 0 Å². The lowest BCUT2D eigenvalue weighted by molar-refractivity contribution is -0.135. The van der Waals surface area contributed by atoms with Gasteiger partial charge < -0.3 is 9.47 Å². The van der Waals surface area contributed by atoms with Crippen LogP contribution in [0.5, 0.6) is 0 Å². The molecule has 0 N–H and O–H groups in total. The summed E-state index contributed by atoms with van der Waals surface area (Å²) in [5, 5.41) is 0. The van der Waals surface area contributed by atoms with Crippen LogP contribution in [0.3, 0.4) is 0 Å². The van der Waals surface area contributed by atoms with Crippen molar-refractivity contribution in [1.29, 1.82) is 0 Å². The van der Waals surface area contributed by atoms with E-state index in [-0.39, 0.29) is 11.6 Å². The Morgan fingerprint density at radius 3 is 2.71 bits per heavy atom. The summed E-state index contributed by atoms with van der Waals surface area (Å²) >= 11 is 0. The summed E-state index contributed by atoms with van der Waals surface area (Å²) in [4.78, 5) is 11.5. The molecule has 0 bridgehead atoms. The van der Waals surface area contributed by atoms with Crippen molar-refractivity contribution in [3.8, 4) is 0 Å². The highest BCUT2D eigenvalue weighted by Gasteiger charge is 2.40. The second-order valence-corrected chi connectivity index (χ2v) is 6.14. The summed E-state index contributed by atoms with van der Waals surface area (Å²) < 4.78 is 10.9. The lowest BCUT2D eigenvalue weighted by Gasteiger charge is -2.27. The molecule has 3 heteroatoms. The number of rotatable bonds is 7. The third kappa shape index (κ3) is 5.22. The van der Waals surface area contributed by atoms with Crippen LogP contribution in [0.15, 0.2) is 24.0 Å². The summed E-state index contributed by atoms with van der Waals surface area (Å²) in [7, 11) is 1.40. The average Bonchev–Trinajstić information content (AvgIpc) is 2.79. The molecule has 3 nitrogen and oxygen atoms in total. The van der Waals surface area contributed by atoms with Crippen LogP contribution < -0.4 is 0 Å². The summed E-state index contributed by atoms with van der Waals surface area (Å²) in [6, 6.07) is 0. The standard InChI is InChI=1S/C18H30O3/c1-6-9-10-14(7-2)12-18(4)13-15(8-3)16(21-18)11-17(19)20-5/h9-11,14-15H,6-8,12-13H2,1-5H3/b10-9+,16-11-/t14-,15+,18-/m0/s1. The molecule has 0 aliphatic carbocycles. The molecule has 0 amide bonds. The first-order chi connectivity index (χ1) is 9.97. The minimum absolute atomic E-state index is 0.181. The van der Waals surface area contributed by atoms with E-state index in [0.29, 0.717) is 11.8 Å². The van der Waals surface area contributed by atoms with Crippen molar-refractivity contribution in [3.63, 3.8) is 0 Å². The quantitative estimate of drug-likeness (QED) is 0.390. The maximum Gasteiger partial charge on any atom is 0.333 e. The van der Waals surface area contributed by atoms with Crippen molar-refractivity contribution in [2.45, 2.75) is 65.4 Å². The summed E-state index contributed by atoms with van der Waals surface area (Å²) in [6.07, 6.45) is 11.2. The molecule has 21 heavy (non-hydrogen) atoms. The predicted octanol–water partition coefficient (Wildman–Crippen LogP) is 4.63. The van der Waals surface area contributed by atoms with Crippen molar-refractivity contribution in [3.05, 3.63) is 24.0 Å². The van der Waals surface area contributed by atoms with Gasteiger partial charge in [0.05, 0.1) is 13.2 Å². The molecule has 1 aliphatic rings. The Balaban J connectivity index is 2.81. The SMILES string of the molecule is CC/C=C/[C@H](CC)C[C@@]1(C)C[C@@H](CC)/C(=C/C(=O)OC)O1. The maximum absolute atomic E-state index is 11.5. The topological polar surface area (TPSA) is 35.5 Å². The van der Waals surface area contributed by atoms with Crippen molar-refractivity contribution in [2.75, 3.05) is 7.11 Å². The first-order valence-electron chi connectivity index (χ1n) is 8.13. The lowest BCUT2D eigenvalue weighted by atomic mass is 9.84. The van der Waals surface area contributed by atoms with Gasteiger partial charge in [-0.25, -0.2) is 4.79 Å². The summed E-state index contributed by atoms with van der Waals surface area (Å²) in [5.41, 5.74) is -0.181. The molecule has 1 rings (SSSR count). The van der Waals surface area contributed by atoms with Crippen molar-refractivity contribution < 1.29 is 14.3 Å². The number of hydrogen-bond donors (Lipinski definition) is 0. The van der Waals surface area contributed by atoms with Crippen LogP contribution in [0, 0.1) is 11.8 Å². The number of hydrogen-bond acceptors (Lipinski definition) is 3. The van der Waals surface area contributed by atoms with E-state index in [1.165, 1.54) is 13.2 Å². The number of ether oxygens (including phenoxy) is 2. The molecular weight excluding hydrogens is 264 g/mol. The van der Waals surface area contributed by atoms with E-state index in [1.807, 2.05) is 0 Å². The highest BCUT2D eigenvalue weighted by atomic mass is 16.5. The van der Waals surface area contributed by atoms with Gasteiger partial charge in [-0.05, 0) is 44.9 Å². The van der Waals surface area contributed by atoms with Gasteiger partial charge in [-0.2, -0.15) is 0 Å². The number of carbonyl (C=O) groups is 1. The Bertz CT molecular complexity index is 397. The van der Waals surface area contributed by atoms with Gasteiger partial charge >= 0.3 is 5.97 Å². The molecule has 0 unspecified atom stereocenters. The van der Waals surface area contributed by atoms with E-state index < -0.39 is 0 Å². The highest BCUT2D eigenvalue weighted by Crippen LogP contribution is 2.43. The zero-order chi connectivity index (χ0) is 15.9. The molecule has 0 aromatic carbocycles. The molecule has 3 atom stereocenters. The molecule has 0 saturated carbocycles. The lowest BCUT2D eigenvalue weighted by Crippen LogP contribution is -2.26. The Labute approximate surface area is 129 Å². The average molecular weight is 294 g/mol. The molecule has 0 spiro atoms. The third-order valence-corrected chi connectivity index (χ3v) is 4.26. The Morgan fingerprint density at radius 2 is 2.19 bits per heavy atom. The summed E-state index contributed by atoms with van der Waals surface area (Å²) in [5.74, 6) is 1.32. The van der Waals surface area contributed by atoms with Crippen LogP contribution in [0.2, 0.25) is 0 Å². The van der Waals surface area contributed by atoms with Crippen LogP contribution in [0.1, 0.15) is 59.8 Å². The molecule has 0 aromatic rings. The molecule has 1 saturated heterocycles. The fourth-order valence-electron chi connectivity index (χ4n) is 3.06. The van der Waals surface area contributed by atoms with Gasteiger partial charge in [0.2, 0.25) is 0 Å². The van der Waals surface area contributed by atoms with Gasteiger partial charge in [-0.1, -0.05) is 32.9 Å². The fraction of sp³-hybridized carbons (Fsp3) is 0.722. The van der Waals surface area contributed by atoms with E-state index in [0.717, 1.165) is 37.9 Å². The summed E-state index contributed by atoms with van der Waals surface area (Å²) in [6.45, 7) is 8.67. The van der Waals surface area contributed by atoms with E-state index in [4.69, 9.17) is 9.47 Å². The zero-order valence-corrected chi connectivity index (χ0v) is 14.1. The minimum atomic E-state index is -0.328. The third-order valence-electron chi connectivity index (χ3n) is 4.26. The largest absolute Gasteiger partial charge is 0.491 e. The molecule has 1 aliphatic heterocycles. The molecule has 1 heterocycles. The molecular formula is C18H30O3. The number of methoxy groups -OCH3 is 1. The van der Waals surface area contributed by atoms with Gasteiger partial charge in [-0.3, -0.25) is 0 Å². The van der Waals surface area contributed by atoms with Gasteiger partial charge in [-0.15, -0.1) is 0 Å². The minimum Gasteiger partial charge on any atom is -0.491 e. The van der Waals surface area contributed by atoms with Crippen LogP contribution in [-0.2, 0) is 14.3 Å².